The first-order valence-corrected chi connectivity index (χ1v) is 3.40. The maximum atomic E-state index is 10.8. The third-order valence-corrected chi connectivity index (χ3v) is 1.38. The van der Waals surface area contributed by atoms with E-state index in [0.29, 0.717) is 0 Å². The normalized spacial score (nSPS) is 10.7. The fourth-order valence-corrected chi connectivity index (χ4v) is 0.819. The Hall–Kier alpha value is -1.67. The van der Waals surface area contributed by atoms with Crippen LogP contribution in [-0.4, -0.2) is 28.6 Å². The lowest BCUT2D eigenvalue weighted by Crippen LogP contribution is -2.59. The molecule has 0 aliphatic heterocycles. The van der Waals surface area contributed by atoms with E-state index in [1.165, 1.54) is 0 Å². The Balaban J connectivity index is 4.74. The minimum atomic E-state index is -2.70. The molecule has 0 atom stereocenters. The molecule has 0 radical (unpaired) electrons. The van der Waals surface area contributed by atoms with Crippen LogP contribution in [0.25, 0.3) is 0 Å². The van der Waals surface area contributed by atoms with Crippen LogP contribution in [0.1, 0.15) is 12.8 Å². The van der Waals surface area contributed by atoms with Gasteiger partial charge in [0, 0.05) is 24.8 Å². The highest BCUT2D eigenvalue weighted by Gasteiger charge is 2.39. The van der Waals surface area contributed by atoms with Crippen LogP contribution in [0.15, 0.2) is 0 Å². The van der Waals surface area contributed by atoms with Gasteiger partial charge < -0.3 is 24.9 Å². The number of aliphatic hydroxyl groups is 1. The minimum absolute atomic E-state index is 1.20. The fourth-order valence-electron chi connectivity index (χ4n) is 0.819. The van der Waals surface area contributed by atoms with E-state index in [0.717, 1.165) is 0 Å². The molecule has 0 fully saturated rings. The lowest BCUT2D eigenvalue weighted by molar-refractivity contribution is -0.659. The number of carbonyl (C=O) groups excluding carboxylic acids is 3. The third-order valence-electron chi connectivity index (χ3n) is 1.38. The van der Waals surface area contributed by atoms with Crippen molar-refractivity contribution in [2.45, 2.75) is 18.4 Å². The molecule has 0 aromatic rings. The maximum Gasteiger partial charge on any atom is 0.398 e. The molecule has 4 N–H and O–H groups in total. The van der Waals surface area contributed by atoms with Crippen molar-refractivity contribution < 1.29 is 40.4 Å². The van der Waals surface area contributed by atoms with Gasteiger partial charge >= 0.3 is 5.97 Å². The van der Waals surface area contributed by atoms with Crippen LogP contribution in [-0.2, 0) is 19.2 Å². The van der Waals surface area contributed by atoms with E-state index in [1.54, 1.807) is 0 Å². The Bertz CT molecular complexity index is 245. The molecule has 0 saturated heterocycles. The lowest BCUT2D eigenvalue weighted by Gasteiger charge is -2.24. The van der Waals surface area contributed by atoms with Crippen molar-refractivity contribution in [3.05, 3.63) is 0 Å². The summed E-state index contributed by atoms with van der Waals surface area (Å²) < 4.78 is 0. The van der Waals surface area contributed by atoms with Gasteiger partial charge in [-0.25, -0.2) is 4.79 Å². The minimum Gasteiger partial charge on any atom is -0.550 e. The summed E-state index contributed by atoms with van der Waals surface area (Å²) in [6.45, 7) is 0. The van der Waals surface area contributed by atoms with Gasteiger partial charge in [-0.3, -0.25) is 4.84 Å². The van der Waals surface area contributed by atoms with Crippen LogP contribution in [0.4, 0.5) is 0 Å². The van der Waals surface area contributed by atoms with Crippen molar-refractivity contribution >= 4 is 17.9 Å². The van der Waals surface area contributed by atoms with E-state index in [9.17, 15) is 29.7 Å². The fraction of sp³-hybridized carbons (Fsp3) is 0.500. The highest BCUT2D eigenvalue weighted by molar-refractivity contribution is 5.88. The molecule has 0 aromatic carbocycles. The number of carbonyl (C=O) groups is 3. The first-order valence-electron chi connectivity index (χ1n) is 3.40. The molecule has 8 nitrogen and oxygen atoms in total. The highest BCUT2D eigenvalue weighted by Crippen LogP contribution is 2.15. The number of aliphatic carboxylic acids is 2. The van der Waals surface area contributed by atoms with Crippen molar-refractivity contribution in [2.24, 2.45) is 0 Å². The van der Waals surface area contributed by atoms with E-state index in [4.69, 9.17) is 0 Å². The number of carboxylic acids is 2. The molecule has 0 spiro atoms. The van der Waals surface area contributed by atoms with Gasteiger partial charge in [-0.2, -0.15) is 5.90 Å². The summed E-state index contributed by atoms with van der Waals surface area (Å²) in [6.07, 6.45) is -2.40. The van der Waals surface area contributed by atoms with E-state index in [1.807, 2.05) is 0 Å². The Morgan fingerprint density at radius 3 is 1.79 bits per heavy atom. The Morgan fingerprint density at radius 1 is 1.21 bits per heavy atom. The first kappa shape index (κ1) is 12.3. The maximum absolute atomic E-state index is 10.8. The molecule has 0 aromatic heterocycles. The smallest absolute Gasteiger partial charge is 0.398 e. The van der Waals surface area contributed by atoms with Crippen LogP contribution in [0, 0.1) is 0 Å². The van der Waals surface area contributed by atoms with E-state index in [-0.39, 0.29) is 0 Å². The van der Waals surface area contributed by atoms with Crippen LogP contribution in [0.5, 0.6) is 0 Å². The van der Waals surface area contributed by atoms with Gasteiger partial charge in [-0.15, -0.1) is 0 Å². The monoisotopic (exact) mass is 206 g/mol. The summed E-state index contributed by atoms with van der Waals surface area (Å²) in [7, 11) is 0. The van der Waals surface area contributed by atoms with E-state index in [2.05, 4.69) is 10.7 Å². The van der Waals surface area contributed by atoms with Gasteiger partial charge in [0.25, 0.3) is 0 Å². The molecule has 0 bridgehead atoms. The van der Waals surface area contributed by atoms with Gasteiger partial charge in [-0.05, 0) is 0 Å². The molecule has 0 amide bonds. The molecule has 0 heterocycles. The number of quaternary nitrogens is 1. The molecule has 8 heteroatoms. The van der Waals surface area contributed by atoms with Crippen LogP contribution >= 0.6 is 0 Å². The largest absolute Gasteiger partial charge is 0.550 e. The summed E-state index contributed by atoms with van der Waals surface area (Å²) in [6, 6.07) is 0. The van der Waals surface area contributed by atoms with Gasteiger partial charge in [-0.1, -0.05) is 0 Å². The van der Waals surface area contributed by atoms with Crippen LogP contribution < -0.4 is 16.1 Å². The number of carboxylic acid groups (broad SMARTS) is 2. The van der Waals surface area contributed by atoms with Crippen molar-refractivity contribution in [2.75, 3.05) is 0 Å². The zero-order chi connectivity index (χ0) is 11.4. The second kappa shape index (κ2) is 4.53. The van der Waals surface area contributed by atoms with Crippen LogP contribution in [0.3, 0.4) is 0 Å². The lowest BCUT2D eigenvalue weighted by atomic mass is 9.96. The van der Waals surface area contributed by atoms with E-state index < -0.39 is 36.4 Å². The van der Waals surface area contributed by atoms with Crippen LogP contribution in [0.2, 0.25) is 0 Å². The molecule has 0 unspecified atom stereocenters. The SMILES string of the molecule is [NH3+]OC(=O)C(O)(CC(=O)[O-])CC(=O)[O-]. The number of rotatable bonds is 5. The molecule has 14 heavy (non-hydrogen) atoms. The van der Waals surface area contributed by atoms with Gasteiger partial charge in [0.15, 0.2) is 5.60 Å². The summed E-state index contributed by atoms with van der Waals surface area (Å²) in [5.41, 5.74) is -2.70. The molecular formula is C6H8NO7-. The van der Waals surface area contributed by atoms with Gasteiger partial charge in [0.1, 0.15) is 0 Å². The predicted molar refractivity (Wildman–Crippen MR) is 33.2 cm³/mol. The Labute approximate surface area is 77.8 Å². The average molecular weight is 206 g/mol. The molecule has 0 saturated carbocycles. The number of hydrogen-bond donors (Lipinski definition) is 2. The van der Waals surface area contributed by atoms with Crippen molar-refractivity contribution in [1.82, 2.24) is 0 Å². The zero-order valence-electron chi connectivity index (χ0n) is 7.02. The second-order valence-electron chi connectivity index (χ2n) is 2.56. The van der Waals surface area contributed by atoms with Gasteiger partial charge in [0.05, 0.1) is 0 Å². The van der Waals surface area contributed by atoms with Crippen molar-refractivity contribution in [1.29, 1.82) is 0 Å². The number of hydrogen-bond acceptors (Lipinski definition) is 7. The summed E-state index contributed by atoms with van der Waals surface area (Å²) in [5, 5.41) is 29.5. The Kier molecular flexibility index (Phi) is 3.99. The molecule has 0 aliphatic rings. The standard InChI is InChI=1S/C6H9NO7/c7-14-5(12)6(13,1-3(8)9)2-4(10)11/h13H,1-2H2,7H3,(H-,8,9,10,11)/p-1. The summed E-state index contributed by atoms with van der Waals surface area (Å²) in [5.74, 6) is -2.42. The molecule has 0 rings (SSSR count). The summed E-state index contributed by atoms with van der Waals surface area (Å²) in [4.78, 5) is 34.8. The quantitative estimate of drug-likeness (QED) is 0.425. The highest BCUT2D eigenvalue weighted by atomic mass is 16.7. The summed E-state index contributed by atoms with van der Waals surface area (Å²) >= 11 is 0. The topological polar surface area (TPSA) is 154 Å². The van der Waals surface area contributed by atoms with Gasteiger partial charge in [0.2, 0.25) is 0 Å². The third kappa shape index (κ3) is 3.37. The van der Waals surface area contributed by atoms with Crippen molar-refractivity contribution in [3.8, 4) is 0 Å². The Morgan fingerprint density at radius 2 is 1.57 bits per heavy atom. The van der Waals surface area contributed by atoms with Crippen molar-refractivity contribution in [3.63, 3.8) is 0 Å². The first-order chi connectivity index (χ1) is 6.31. The second-order valence-corrected chi connectivity index (χ2v) is 2.56. The molecular weight excluding hydrogens is 198 g/mol. The zero-order valence-corrected chi connectivity index (χ0v) is 7.02. The van der Waals surface area contributed by atoms with E-state index >= 15 is 0 Å². The predicted octanol–water partition coefficient (Wildman–Crippen LogP) is -5.30. The molecule has 0 aliphatic carbocycles. The average Bonchev–Trinajstić information content (AvgIpc) is 1.99. The molecule has 80 valence electrons.